The minimum atomic E-state index is 0.780. The van der Waals surface area contributed by atoms with Crippen LogP contribution in [0.3, 0.4) is 0 Å². The van der Waals surface area contributed by atoms with Crippen molar-refractivity contribution in [2.75, 3.05) is 5.73 Å². The molecule has 1 nitrogen and oxygen atoms in total. The lowest BCUT2D eigenvalue weighted by molar-refractivity contribution is 1.47. The molecule has 0 aliphatic carbocycles. The summed E-state index contributed by atoms with van der Waals surface area (Å²) in [6.45, 7) is 0. The quantitative estimate of drug-likeness (QED) is 0.617. The van der Waals surface area contributed by atoms with Crippen LogP contribution in [0.5, 0.6) is 0 Å². The first-order chi connectivity index (χ1) is 6.22. The second-order valence-corrected chi connectivity index (χ2v) is 5.01. The first kappa shape index (κ1) is 9.31. The maximum Gasteiger partial charge on any atom is 0.0941 e. The van der Waals surface area contributed by atoms with Gasteiger partial charge >= 0.3 is 0 Å². The minimum Gasteiger partial charge on any atom is -0.398 e. The Balaban J connectivity index is 2.78. The van der Waals surface area contributed by atoms with Crippen molar-refractivity contribution in [2.45, 2.75) is 5.33 Å². The smallest absolute Gasteiger partial charge is 0.0941 e. The Morgan fingerprint density at radius 1 is 1.46 bits per heavy atom. The number of thiophene rings is 1. The molecule has 0 radical (unpaired) electrons. The molecule has 2 aromatic rings. The summed E-state index contributed by atoms with van der Waals surface area (Å²) in [5.74, 6) is 0. The fourth-order valence-corrected chi connectivity index (χ4v) is 2.91. The Kier molecular flexibility index (Phi) is 2.49. The maximum atomic E-state index is 5.96. The topological polar surface area (TPSA) is 26.0 Å². The molecular weight excluding hydrogens is 270 g/mol. The number of nitrogen functional groups attached to an aromatic ring is 1. The van der Waals surface area contributed by atoms with E-state index >= 15 is 0 Å². The van der Waals surface area contributed by atoms with Crippen molar-refractivity contribution in [3.63, 3.8) is 0 Å². The number of rotatable bonds is 1. The molecule has 0 bridgehead atoms. The zero-order valence-corrected chi connectivity index (χ0v) is 9.84. The SMILES string of the molecule is Nc1c(CBr)ccc2sc(Cl)cc12. The van der Waals surface area contributed by atoms with Gasteiger partial charge in [0.1, 0.15) is 0 Å². The van der Waals surface area contributed by atoms with Gasteiger partial charge in [-0.05, 0) is 17.7 Å². The number of nitrogens with two attached hydrogens (primary N) is 1. The number of halogens is 2. The second-order valence-electron chi connectivity index (χ2n) is 2.73. The number of benzene rings is 1. The van der Waals surface area contributed by atoms with Gasteiger partial charge in [0, 0.05) is 21.1 Å². The van der Waals surface area contributed by atoms with Crippen molar-refractivity contribution in [2.24, 2.45) is 0 Å². The molecule has 0 aliphatic rings. The maximum absolute atomic E-state index is 5.96. The van der Waals surface area contributed by atoms with E-state index in [9.17, 15) is 0 Å². The van der Waals surface area contributed by atoms with E-state index in [1.807, 2.05) is 12.1 Å². The molecule has 0 unspecified atom stereocenters. The van der Waals surface area contributed by atoms with Gasteiger partial charge in [-0.25, -0.2) is 0 Å². The highest BCUT2D eigenvalue weighted by Crippen LogP contribution is 2.35. The normalized spacial score (nSPS) is 10.9. The van der Waals surface area contributed by atoms with Crippen molar-refractivity contribution in [1.29, 1.82) is 0 Å². The van der Waals surface area contributed by atoms with Gasteiger partial charge in [-0.1, -0.05) is 33.6 Å². The second kappa shape index (κ2) is 3.48. The van der Waals surface area contributed by atoms with Crippen molar-refractivity contribution in [1.82, 2.24) is 0 Å². The fraction of sp³-hybridized carbons (Fsp3) is 0.111. The van der Waals surface area contributed by atoms with E-state index < -0.39 is 0 Å². The highest BCUT2D eigenvalue weighted by Gasteiger charge is 2.06. The molecular formula is C9H7BrClNS. The molecule has 0 atom stereocenters. The molecule has 2 N–H and O–H groups in total. The lowest BCUT2D eigenvalue weighted by Crippen LogP contribution is -1.91. The first-order valence-electron chi connectivity index (χ1n) is 3.74. The number of anilines is 1. The van der Waals surface area contributed by atoms with Gasteiger partial charge in [-0.3, -0.25) is 0 Å². The van der Waals surface area contributed by atoms with Crippen LogP contribution in [0.15, 0.2) is 18.2 Å². The number of hydrogen-bond donors (Lipinski definition) is 1. The summed E-state index contributed by atoms with van der Waals surface area (Å²) in [6, 6.07) is 6.00. The van der Waals surface area contributed by atoms with Gasteiger partial charge in [0.25, 0.3) is 0 Å². The van der Waals surface area contributed by atoms with Crippen LogP contribution in [0.2, 0.25) is 4.34 Å². The Bertz CT molecular complexity index is 452. The lowest BCUT2D eigenvalue weighted by Gasteiger charge is -2.01. The third-order valence-electron chi connectivity index (χ3n) is 1.95. The molecule has 0 amide bonds. The van der Waals surface area contributed by atoms with Gasteiger partial charge in [-0.2, -0.15) is 0 Å². The summed E-state index contributed by atoms with van der Waals surface area (Å²) in [5, 5.41) is 1.84. The lowest BCUT2D eigenvalue weighted by atomic mass is 10.1. The van der Waals surface area contributed by atoms with Gasteiger partial charge in [0.2, 0.25) is 0 Å². The predicted molar refractivity (Wildman–Crippen MR) is 63.9 cm³/mol. The van der Waals surface area contributed by atoms with Crippen molar-refractivity contribution in [3.05, 3.63) is 28.1 Å². The van der Waals surface area contributed by atoms with Gasteiger partial charge in [-0.15, -0.1) is 11.3 Å². The van der Waals surface area contributed by atoms with E-state index in [0.29, 0.717) is 0 Å². The minimum absolute atomic E-state index is 0.780. The molecule has 0 aliphatic heterocycles. The van der Waals surface area contributed by atoms with Crippen molar-refractivity contribution in [3.8, 4) is 0 Å². The highest BCUT2D eigenvalue weighted by atomic mass is 79.9. The van der Waals surface area contributed by atoms with Gasteiger partial charge in [0.05, 0.1) is 4.34 Å². The standard InChI is InChI=1S/C9H7BrClNS/c10-4-5-1-2-7-6(9(5)12)3-8(11)13-7/h1-3H,4,12H2. The molecule has 0 saturated heterocycles. The molecule has 1 aromatic carbocycles. The molecule has 13 heavy (non-hydrogen) atoms. The molecule has 0 saturated carbocycles. The third-order valence-corrected chi connectivity index (χ3v) is 3.78. The van der Waals surface area contributed by atoms with E-state index in [2.05, 4.69) is 22.0 Å². The molecule has 4 heteroatoms. The van der Waals surface area contributed by atoms with E-state index in [0.717, 1.165) is 31.0 Å². The molecule has 0 spiro atoms. The molecule has 0 fully saturated rings. The average Bonchev–Trinajstić information content (AvgIpc) is 2.47. The summed E-state index contributed by atoms with van der Waals surface area (Å²) >= 11 is 10.8. The van der Waals surface area contributed by atoms with Crippen LogP contribution in [0.25, 0.3) is 10.1 Å². The number of hydrogen-bond acceptors (Lipinski definition) is 2. The van der Waals surface area contributed by atoms with E-state index in [4.69, 9.17) is 17.3 Å². The van der Waals surface area contributed by atoms with E-state index in [-0.39, 0.29) is 0 Å². The van der Waals surface area contributed by atoms with Crippen LogP contribution in [0, 0.1) is 0 Å². The van der Waals surface area contributed by atoms with Crippen molar-refractivity contribution >= 4 is 54.6 Å². The van der Waals surface area contributed by atoms with Crippen molar-refractivity contribution < 1.29 is 0 Å². The Morgan fingerprint density at radius 2 is 2.23 bits per heavy atom. The fourth-order valence-electron chi connectivity index (χ4n) is 1.26. The molecule has 1 heterocycles. The van der Waals surface area contributed by atoms with Crippen LogP contribution >= 0.6 is 38.9 Å². The zero-order chi connectivity index (χ0) is 9.42. The zero-order valence-electron chi connectivity index (χ0n) is 6.68. The monoisotopic (exact) mass is 275 g/mol. The Morgan fingerprint density at radius 3 is 2.92 bits per heavy atom. The third kappa shape index (κ3) is 1.56. The summed E-state index contributed by atoms with van der Waals surface area (Å²) in [5.41, 5.74) is 7.90. The molecule has 1 aromatic heterocycles. The van der Waals surface area contributed by atoms with Crippen LogP contribution in [0.1, 0.15) is 5.56 Å². The van der Waals surface area contributed by atoms with Crippen LogP contribution in [-0.4, -0.2) is 0 Å². The number of fused-ring (bicyclic) bond motifs is 1. The largest absolute Gasteiger partial charge is 0.398 e. The van der Waals surface area contributed by atoms with E-state index in [1.54, 1.807) is 11.3 Å². The van der Waals surface area contributed by atoms with E-state index in [1.165, 1.54) is 0 Å². The molecule has 2 rings (SSSR count). The van der Waals surface area contributed by atoms with Gasteiger partial charge in [0.15, 0.2) is 0 Å². The summed E-state index contributed by atoms with van der Waals surface area (Å²) in [6.07, 6.45) is 0. The summed E-state index contributed by atoms with van der Waals surface area (Å²) < 4.78 is 1.93. The average molecular weight is 277 g/mol. The van der Waals surface area contributed by atoms with Crippen LogP contribution in [-0.2, 0) is 5.33 Å². The van der Waals surface area contributed by atoms with Gasteiger partial charge < -0.3 is 5.73 Å². The number of alkyl halides is 1. The summed E-state index contributed by atoms with van der Waals surface area (Å²) in [4.78, 5) is 0. The van der Waals surface area contributed by atoms with Crippen LogP contribution in [0.4, 0.5) is 5.69 Å². The summed E-state index contributed by atoms with van der Waals surface area (Å²) in [7, 11) is 0. The molecule has 68 valence electrons. The highest BCUT2D eigenvalue weighted by molar-refractivity contribution is 9.08. The van der Waals surface area contributed by atoms with Crippen LogP contribution < -0.4 is 5.73 Å². The predicted octanol–water partition coefficient (Wildman–Crippen LogP) is 4.03. The Hall–Kier alpha value is -0.250. The first-order valence-corrected chi connectivity index (χ1v) is 6.06. The Labute approximate surface area is 93.6 Å².